The van der Waals surface area contributed by atoms with Crippen molar-refractivity contribution < 1.29 is 9.47 Å². The Morgan fingerprint density at radius 2 is 1.95 bits per heavy atom. The quantitative estimate of drug-likeness (QED) is 0.688. The van der Waals surface area contributed by atoms with Crippen molar-refractivity contribution in [2.45, 2.75) is 6.92 Å². The molecule has 2 heterocycles. The second kappa shape index (κ2) is 3.90. The summed E-state index contributed by atoms with van der Waals surface area (Å²) in [6.45, 7) is 2.25. The van der Waals surface area contributed by atoms with Gasteiger partial charge in [0, 0.05) is 11.8 Å². The van der Waals surface area contributed by atoms with E-state index in [0.29, 0.717) is 5.69 Å². The van der Waals surface area contributed by atoms with Crippen molar-refractivity contribution in [1.29, 1.82) is 0 Å². The lowest BCUT2D eigenvalue weighted by molar-refractivity contribution is 0.174. The van der Waals surface area contributed by atoms with E-state index in [9.17, 15) is 0 Å². The fourth-order valence-corrected chi connectivity index (χ4v) is 2.57. The highest BCUT2D eigenvalue weighted by atomic mass is 16.7. The number of fused-ring (bicyclic) bond motifs is 2. The maximum Gasteiger partial charge on any atom is 0.231 e. The Kier molecular flexibility index (Phi) is 2.18. The van der Waals surface area contributed by atoms with Gasteiger partial charge in [-0.2, -0.15) is 0 Å². The van der Waals surface area contributed by atoms with E-state index in [2.05, 4.69) is 9.55 Å². The second-order valence-corrected chi connectivity index (χ2v) is 4.78. The van der Waals surface area contributed by atoms with Crippen LogP contribution in [0.2, 0.25) is 0 Å². The van der Waals surface area contributed by atoms with E-state index >= 15 is 0 Å². The number of aromatic nitrogens is 2. The van der Waals surface area contributed by atoms with Gasteiger partial charge in [0.25, 0.3) is 0 Å². The van der Waals surface area contributed by atoms with E-state index in [-0.39, 0.29) is 6.79 Å². The smallest absolute Gasteiger partial charge is 0.231 e. The lowest BCUT2D eigenvalue weighted by Gasteiger charge is -2.08. The number of aryl methyl sites for hydroxylation is 1. The average Bonchev–Trinajstić information content (AvgIpc) is 3.00. The van der Waals surface area contributed by atoms with Gasteiger partial charge in [-0.25, -0.2) is 4.98 Å². The monoisotopic (exact) mass is 267 g/mol. The van der Waals surface area contributed by atoms with E-state index < -0.39 is 0 Å². The van der Waals surface area contributed by atoms with E-state index in [1.165, 1.54) is 0 Å². The summed E-state index contributed by atoms with van der Waals surface area (Å²) in [5, 5.41) is 0. The third-order valence-corrected chi connectivity index (χ3v) is 3.46. The van der Waals surface area contributed by atoms with Crippen molar-refractivity contribution in [1.82, 2.24) is 9.55 Å². The number of imidazole rings is 1. The van der Waals surface area contributed by atoms with E-state index in [1.807, 2.05) is 43.3 Å². The average molecular weight is 267 g/mol. The molecule has 0 bridgehead atoms. The minimum atomic E-state index is 0.277. The van der Waals surface area contributed by atoms with E-state index in [1.54, 1.807) is 0 Å². The molecule has 1 aliphatic rings. The number of nitrogens with zero attached hydrogens (tertiary/aromatic N) is 2. The van der Waals surface area contributed by atoms with E-state index in [4.69, 9.17) is 15.2 Å². The summed E-state index contributed by atoms with van der Waals surface area (Å²) in [6.07, 6.45) is 0. The molecule has 0 saturated carbocycles. The summed E-state index contributed by atoms with van der Waals surface area (Å²) in [4.78, 5) is 4.55. The summed E-state index contributed by atoms with van der Waals surface area (Å²) in [7, 11) is 0. The number of nitrogen functional groups attached to an aromatic ring is 1. The largest absolute Gasteiger partial charge is 0.454 e. The fraction of sp³-hybridized carbons (Fsp3) is 0.133. The highest BCUT2D eigenvalue weighted by Gasteiger charge is 2.16. The Labute approximate surface area is 115 Å². The first-order valence-corrected chi connectivity index (χ1v) is 6.37. The minimum absolute atomic E-state index is 0.277. The van der Waals surface area contributed by atoms with Crippen molar-refractivity contribution in [3.8, 4) is 17.2 Å². The van der Waals surface area contributed by atoms with Gasteiger partial charge in [-0.1, -0.05) is 0 Å². The van der Waals surface area contributed by atoms with Crippen molar-refractivity contribution in [3.05, 3.63) is 42.2 Å². The molecule has 0 atom stereocenters. The van der Waals surface area contributed by atoms with Crippen molar-refractivity contribution in [2.75, 3.05) is 12.5 Å². The normalized spacial score (nSPS) is 13.1. The molecule has 100 valence electrons. The predicted molar refractivity (Wildman–Crippen MR) is 76.3 cm³/mol. The van der Waals surface area contributed by atoms with Gasteiger partial charge in [0.1, 0.15) is 5.82 Å². The molecule has 0 fully saturated rings. The molecular weight excluding hydrogens is 254 g/mol. The topological polar surface area (TPSA) is 62.3 Å². The molecule has 0 radical (unpaired) electrons. The lowest BCUT2D eigenvalue weighted by atomic mass is 10.2. The number of hydrogen-bond acceptors (Lipinski definition) is 4. The van der Waals surface area contributed by atoms with Gasteiger partial charge >= 0.3 is 0 Å². The third-order valence-electron chi connectivity index (χ3n) is 3.46. The molecule has 20 heavy (non-hydrogen) atoms. The molecule has 0 unspecified atom stereocenters. The van der Waals surface area contributed by atoms with Crippen LogP contribution in [0.5, 0.6) is 11.5 Å². The molecule has 0 saturated heterocycles. The van der Waals surface area contributed by atoms with E-state index in [0.717, 1.165) is 34.0 Å². The number of rotatable bonds is 1. The molecule has 4 rings (SSSR count). The number of anilines is 1. The predicted octanol–water partition coefficient (Wildman–Crippen LogP) is 2.64. The van der Waals surface area contributed by atoms with Crippen LogP contribution < -0.4 is 15.2 Å². The van der Waals surface area contributed by atoms with Crippen molar-refractivity contribution in [3.63, 3.8) is 0 Å². The number of hydrogen-bond donors (Lipinski definition) is 1. The van der Waals surface area contributed by atoms with Crippen molar-refractivity contribution >= 4 is 16.7 Å². The van der Waals surface area contributed by atoms with Crippen LogP contribution in [0.25, 0.3) is 16.7 Å². The van der Waals surface area contributed by atoms with Crippen LogP contribution >= 0.6 is 0 Å². The standard InChI is InChI=1S/C15H13N3O2/c1-9-17-12-6-10(16)2-4-13(12)18(9)11-3-5-14-15(7-11)20-8-19-14/h2-7H,8,16H2,1H3. The molecule has 2 N–H and O–H groups in total. The number of benzene rings is 2. The Morgan fingerprint density at radius 1 is 1.10 bits per heavy atom. The SMILES string of the molecule is Cc1nc2cc(N)ccc2n1-c1ccc2c(c1)OCO2. The van der Waals surface area contributed by atoms with Crippen molar-refractivity contribution in [2.24, 2.45) is 0 Å². The summed E-state index contributed by atoms with van der Waals surface area (Å²) in [5.74, 6) is 2.45. The first-order chi connectivity index (χ1) is 9.72. The van der Waals surface area contributed by atoms with Crippen LogP contribution in [-0.4, -0.2) is 16.3 Å². The van der Waals surface area contributed by atoms with Gasteiger partial charge in [0.05, 0.1) is 16.7 Å². The zero-order chi connectivity index (χ0) is 13.7. The fourth-order valence-electron chi connectivity index (χ4n) is 2.57. The van der Waals surface area contributed by atoms with Gasteiger partial charge in [-0.05, 0) is 37.3 Å². The Morgan fingerprint density at radius 3 is 2.85 bits per heavy atom. The Balaban J connectivity index is 1.96. The number of nitrogens with two attached hydrogens (primary N) is 1. The highest BCUT2D eigenvalue weighted by molar-refractivity contribution is 5.81. The molecule has 0 amide bonds. The molecule has 0 spiro atoms. The number of ether oxygens (including phenoxy) is 2. The molecule has 2 aromatic carbocycles. The van der Waals surface area contributed by atoms with Gasteiger partial charge in [-0.15, -0.1) is 0 Å². The maximum atomic E-state index is 5.81. The van der Waals surface area contributed by atoms with Crippen LogP contribution in [0.15, 0.2) is 36.4 Å². The molecule has 0 aliphatic carbocycles. The Bertz CT molecular complexity index is 823. The van der Waals surface area contributed by atoms with Crippen LogP contribution in [-0.2, 0) is 0 Å². The summed E-state index contributed by atoms with van der Waals surface area (Å²) in [6, 6.07) is 11.6. The summed E-state index contributed by atoms with van der Waals surface area (Å²) >= 11 is 0. The third kappa shape index (κ3) is 1.53. The highest BCUT2D eigenvalue weighted by Crippen LogP contribution is 2.35. The van der Waals surface area contributed by atoms with Crippen LogP contribution in [0.4, 0.5) is 5.69 Å². The first kappa shape index (κ1) is 11.2. The molecular formula is C15H13N3O2. The van der Waals surface area contributed by atoms with Gasteiger partial charge < -0.3 is 15.2 Å². The van der Waals surface area contributed by atoms with Crippen LogP contribution in [0, 0.1) is 6.92 Å². The minimum Gasteiger partial charge on any atom is -0.454 e. The Hall–Kier alpha value is -2.69. The van der Waals surface area contributed by atoms with Gasteiger partial charge in [0.2, 0.25) is 6.79 Å². The second-order valence-electron chi connectivity index (χ2n) is 4.78. The van der Waals surface area contributed by atoms with Gasteiger partial charge in [0.15, 0.2) is 11.5 Å². The van der Waals surface area contributed by atoms with Crippen LogP contribution in [0.1, 0.15) is 5.82 Å². The maximum absolute atomic E-state index is 5.81. The molecule has 1 aromatic heterocycles. The molecule has 5 nitrogen and oxygen atoms in total. The zero-order valence-electron chi connectivity index (χ0n) is 11.0. The zero-order valence-corrected chi connectivity index (χ0v) is 11.0. The molecule has 3 aromatic rings. The molecule has 5 heteroatoms. The molecule has 1 aliphatic heterocycles. The first-order valence-electron chi connectivity index (χ1n) is 6.37. The van der Waals surface area contributed by atoms with Crippen LogP contribution in [0.3, 0.4) is 0 Å². The lowest BCUT2D eigenvalue weighted by Crippen LogP contribution is -1.97. The summed E-state index contributed by atoms with van der Waals surface area (Å²) < 4.78 is 12.9. The summed E-state index contributed by atoms with van der Waals surface area (Å²) in [5.41, 5.74) is 9.44. The van der Waals surface area contributed by atoms with Gasteiger partial charge in [-0.3, -0.25) is 4.57 Å².